The van der Waals surface area contributed by atoms with Crippen molar-refractivity contribution < 1.29 is 10.2 Å². The Morgan fingerprint density at radius 3 is 2.47 bits per heavy atom. The van der Waals surface area contributed by atoms with Crippen LogP contribution in [0.1, 0.15) is 18.1 Å². The molecule has 0 aromatic carbocycles. The average Bonchev–Trinajstić information content (AvgIpc) is 2.28. The maximum absolute atomic E-state index is 9.73. The molecule has 0 bridgehead atoms. The van der Waals surface area contributed by atoms with Crippen LogP contribution in [0.2, 0.25) is 0 Å². The second-order valence-corrected chi connectivity index (χ2v) is 4.56. The highest BCUT2D eigenvalue weighted by Crippen LogP contribution is 2.19. The zero-order valence-electron chi connectivity index (χ0n) is 8.30. The van der Waals surface area contributed by atoms with Crippen LogP contribution in [0.4, 0.5) is 0 Å². The van der Waals surface area contributed by atoms with Gasteiger partial charge in [0.2, 0.25) is 0 Å². The lowest BCUT2D eigenvalue weighted by molar-refractivity contribution is 0.0168. The second-order valence-electron chi connectivity index (χ2n) is 2.99. The van der Waals surface area contributed by atoms with Gasteiger partial charge in [-0.05, 0) is 12.7 Å². The van der Waals surface area contributed by atoms with Crippen molar-refractivity contribution in [2.24, 2.45) is 0 Å². The zero-order valence-corrected chi connectivity index (χ0v) is 10.7. The molecule has 2 unspecified atom stereocenters. The SMILES string of the molecule is CSc1ncc(C(O)C(O)CCBr)cn1. The number of halogens is 1. The van der Waals surface area contributed by atoms with Crippen LogP contribution in [0.15, 0.2) is 17.6 Å². The van der Waals surface area contributed by atoms with E-state index in [0.717, 1.165) is 0 Å². The van der Waals surface area contributed by atoms with Gasteiger partial charge in [0.05, 0.1) is 6.10 Å². The smallest absolute Gasteiger partial charge is 0.187 e. The number of alkyl halides is 1. The van der Waals surface area contributed by atoms with Crippen LogP contribution in [-0.4, -0.2) is 37.9 Å². The van der Waals surface area contributed by atoms with E-state index in [1.54, 1.807) is 12.4 Å². The Bertz CT molecular complexity index is 297. The molecule has 2 atom stereocenters. The van der Waals surface area contributed by atoms with Crippen molar-refractivity contribution in [3.8, 4) is 0 Å². The fourth-order valence-corrected chi connectivity index (χ4v) is 1.86. The molecule has 15 heavy (non-hydrogen) atoms. The molecule has 0 radical (unpaired) electrons. The second kappa shape index (κ2) is 6.42. The van der Waals surface area contributed by atoms with E-state index in [2.05, 4.69) is 25.9 Å². The third kappa shape index (κ3) is 3.71. The van der Waals surface area contributed by atoms with Gasteiger partial charge in [-0.15, -0.1) is 0 Å². The Labute approximate surface area is 101 Å². The largest absolute Gasteiger partial charge is 0.390 e. The van der Waals surface area contributed by atoms with Crippen molar-refractivity contribution in [2.75, 3.05) is 11.6 Å². The first-order valence-electron chi connectivity index (χ1n) is 4.47. The topological polar surface area (TPSA) is 66.2 Å². The van der Waals surface area contributed by atoms with E-state index in [4.69, 9.17) is 0 Å². The summed E-state index contributed by atoms with van der Waals surface area (Å²) in [6.07, 6.45) is 3.75. The van der Waals surface area contributed by atoms with Gasteiger partial charge >= 0.3 is 0 Å². The highest BCUT2D eigenvalue weighted by molar-refractivity contribution is 9.09. The minimum atomic E-state index is -0.918. The van der Waals surface area contributed by atoms with Gasteiger partial charge in [-0.3, -0.25) is 0 Å². The summed E-state index contributed by atoms with van der Waals surface area (Å²) in [5.74, 6) is 0. The summed E-state index contributed by atoms with van der Waals surface area (Å²) in [6, 6.07) is 0. The van der Waals surface area contributed by atoms with E-state index >= 15 is 0 Å². The molecule has 0 aliphatic rings. The predicted octanol–water partition coefficient (Wildman–Crippen LogP) is 1.38. The van der Waals surface area contributed by atoms with Crippen LogP contribution in [0.5, 0.6) is 0 Å². The van der Waals surface area contributed by atoms with Crippen molar-refractivity contribution in [3.05, 3.63) is 18.0 Å². The quantitative estimate of drug-likeness (QED) is 0.488. The van der Waals surface area contributed by atoms with Crippen molar-refractivity contribution in [2.45, 2.75) is 23.8 Å². The van der Waals surface area contributed by atoms with Gasteiger partial charge < -0.3 is 10.2 Å². The maximum Gasteiger partial charge on any atom is 0.187 e. The minimum Gasteiger partial charge on any atom is -0.390 e. The van der Waals surface area contributed by atoms with Crippen LogP contribution < -0.4 is 0 Å². The molecule has 1 rings (SSSR count). The molecule has 84 valence electrons. The molecule has 1 heterocycles. The first kappa shape index (κ1) is 12.9. The summed E-state index contributed by atoms with van der Waals surface area (Å²) in [5, 5.41) is 20.6. The molecular weight excluding hydrogens is 280 g/mol. The molecule has 0 aliphatic carbocycles. The van der Waals surface area contributed by atoms with Gasteiger partial charge in [-0.2, -0.15) is 0 Å². The number of aliphatic hydroxyl groups is 2. The summed E-state index contributed by atoms with van der Waals surface area (Å²) in [4.78, 5) is 8.06. The summed E-state index contributed by atoms with van der Waals surface area (Å²) in [7, 11) is 0. The number of hydrogen-bond acceptors (Lipinski definition) is 5. The standard InChI is InChI=1S/C9H13BrN2O2S/c1-15-9-11-4-6(5-12-9)8(14)7(13)2-3-10/h4-5,7-8,13-14H,2-3H2,1H3. The number of aliphatic hydroxyl groups excluding tert-OH is 2. The van der Waals surface area contributed by atoms with Crippen molar-refractivity contribution in [3.63, 3.8) is 0 Å². The van der Waals surface area contributed by atoms with Crippen LogP contribution in [0.25, 0.3) is 0 Å². The van der Waals surface area contributed by atoms with E-state index in [-0.39, 0.29) is 0 Å². The van der Waals surface area contributed by atoms with Gasteiger partial charge in [0.15, 0.2) is 5.16 Å². The lowest BCUT2D eigenvalue weighted by Crippen LogP contribution is -2.19. The first-order valence-corrected chi connectivity index (χ1v) is 6.81. The molecule has 4 nitrogen and oxygen atoms in total. The average molecular weight is 293 g/mol. The van der Waals surface area contributed by atoms with Crippen LogP contribution >= 0.6 is 27.7 Å². The van der Waals surface area contributed by atoms with Crippen molar-refractivity contribution >= 4 is 27.7 Å². The van der Waals surface area contributed by atoms with E-state index in [1.165, 1.54) is 11.8 Å². The Hall–Kier alpha value is -0.170. The van der Waals surface area contributed by atoms with Crippen molar-refractivity contribution in [1.29, 1.82) is 0 Å². The van der Waals surface area contributed by atoms with Crippen LogP contribution in [0.3, 0.4) is 0 Å². The molecule has 0 saturated heterocycles. The maximum atomic E-state index is 9.73. The summed E-state index contributed by atoms with van der Waals surface area (Å²) < 4.78 is 0. The number of thioether (sulfide) groups is 1. The molecule has 0 fully saturated rings. The van der Waals surface area contributed by atoms with E-state index in [1.807, 2.05) is 6.26 Å². The highest BCUT2D eigenvalue weighted by atomic mass is 79.9. The Balaban J connectivity index is 2.69. The first-order chi connectivity index (χ1) is 7.19. The normalized spacial score (nSPS) is 14.9. The minimum absolute atomic E-state index is 0.492. The van der Waals surface area contributed by atoms with Crippen LogP contribution in [-0.2, 0) is 0 Å². The van der Waals surface area contributed by atoms with Crippen LogP contribution in [0, 0.1) is 0 Å². The monoisotopic (exact) mass is 292 g/mol. The van der Waals surface area contributed by atoms with Gasteiger partial charge in [0.1, 0.15) is 6.10 Å². The molecule has 0 saturated carbocycles. The number of nitrogens with zero attached hydrogens (tertiary/aromatic N) is 2. The van der Waals surface area contributed by atoms with E-state index in [9.17, 15) is 10.2 Å². The predicted molar refractivity (Wildman–Crippen MR) is 63.2 cm³/mol. The van der Waals surface area contributed by atoms with Gasteiger partial charge in [0, 0.05) is 23.3 Å². The molecule has 0 aliphatic heterocycles. The number of hydrogen-bond donors (Lipinski definition) is 2. The third-order valence-electron chi connectivity index (χ3n) is 1.94. The molecule has 0 spiro atoms. The Morgan fingerprint density at radius 2 is 2.00 bits per heavy atom. The lowest BCUT2D eigenvalue weighted by Gasteiger charge is -2.16. The number of aromatic nitrogens is 2. The Kier molecular flexibility index (Phi) is 5.52. The number of rotatable bonds is 5. The van der Waals surface area contributed by atoms with Gasteiger partial charge in [0.25, 0.3) is 0 Å². The lowest BCUT2D eigenvalue weighted by atomic mass is 10.1. The van der Waals surface area contributed by atoms with Crippen molar-refractivity contribution in [1.82, 2.24) is 9.97 Å². The third-order valence-corrected chi connectivity index (χ3v) is 2.98. The fourth-order valence-electron chi connectivity index (χ4n) is 1.08. The fraction of sp³-hybridized carbons (Fsp3) is 0.556. The summed E-state index contributed by atoms with van der Waals surface area (Å²) >= 11 is 4.64. The van der Waals surface area contributed by atoms with E-state index in [0.29, 0.717) is 22.5 Å². The molecular formula is C9H13BrN2O2S. The zero-order chi connectivity index (χ0) is 11.3. The summed E-state index contributed by atoms with van der Waals surface area (Å²) in [5.41, 5.74) is 0.543. The molecule has 1 aromatic heterocycles. The summed E-state index contributed by atoms with van der Waals surface area (Å²) in [6.45, 7) is 0. The molecule has 2 N–H and O–H groups in total. The molecule has 1 aromatic rings. The highest BCUT2D eigenvalue weighted by Gasteiger charge is 2.18. The van der Waals surface area contributed by atoms with Gasteiger partial charge in [-0.25, -0.2) is 9.97 Å². The van der Waals surface area contributed by atoms with E-state index < -0.39 is 12.2 Å². The molecule has 0 amide bonds. The van der Waals surface area contributed by atoms with Gasteiger partial charge in [-0.1, -0.05) is 27.7 Å². The Morgan fingerprint density at radius 1 is 1.40 bits per heavy atom. The molecule has 6 heteroatoms.